The molecule has 0 aliphatic heterocycles. The number of benzene rings is 2. The van der Waals surface area contributed by atoms with Crippen LogP contribution in [-0.2, 0) is 24.3 Å². The number of nitrogens with zero attached hydrogens (tertiary/aromatic N) is 1. The molecule has 118 valence electrons. The lowest BCUT2D eigenvalue weighted by Crippen LogP contribution is -2.24. The van der Waals surface area contributed by atoms with Crippen molar-refractivity contribution in [2.75, 3.05) is 0 Å². The maximum Gasteiger partial charge on any atom is 0.229 e. The molecule has 0 atom stereocenters. The summed E-state index contributed by atoms with van der Waals surface area (Å²) in [6.45, 7) is 2.95. The van der Waals surface area contributed by atoms with Crippen molar-refractivity contribution in [3.8, 4) is 0 Å². The monoisotopic (exact) mass is 309 g/mol. The number of carbonyl (C=O) groups is 1. The average molecular weight is 309 g/mol. The Labute approximate surface area is 134 Å². The van der Waals surface area contributed by atoms with Crippen molar-refractivity contribution in [2.45, 2.75) is 26.4 Å². The molecule has 0 aliphatic carbocycles. The van der Waals surface area contributed by atoms with Crippen molar-refractivity contribution in [1.29, 1.82) is 0 Å². The molecular formula is C18H19N3O2. The Morgan fingerprint density at radius 2 is 2.04 bits per heavy atom. The van der Waals surface area contributed by atoms with Gasteiger partial charge in [0.25, 0.3) is 0 Å². The molecule has 0 spiro atoms. The van der Waals surface area contributed by atoms with E-state index in [0.717, 1.165) is 22.2 Å². The molecule has 0 aliphatic rings. The van der Waals surface area contributed by atoms with Crippen LogP contribution in [0.25, 0.3) is 11.1 Å². The van der Waals surface area contributed by atoms with Gasteiger partial charge in [-0.05, 0) is 35.7 Å². The van der Waals surface area contributed by atoms with Gasteiger partial charge in [-0.15, -0.1) is 0 Å². The van der Waals surface area contributed by atoms with Crippen LogP contribution in [0.15, 0.2) is 46.9 Å². The highest BCUT2D eigenvalue weighted by molar-refractivity contribution is 5.79. The molecule has 0 saturated carbocycles. The molecule has 3 rings (SSSR count). The van der Waals surface area contributed by atoms with E-state index >= 15 is 0 Å². The number of nitrogens with two attached hydrogens (primary N) is 1. The highest BCUT2D eigenvalue weighted by Crippen LogP contribution is 2.17. The van der Waals surface area contributed by atoms with E-state index in [1.165, 1.54) is 0 Å². The summed E-state index contributed by atoms with van der Waals surface area (Å²) in [7, 11) is 0. The molecule has 5 nitrogen and oxygen atoms in total. The van der Waals surface area contributed by atoms with E-state index in [4.69, 9.17) is 10.2 Å². The highest BCUT2D eigenvalue weighted by atomic mass is 16.3. The van der Waals surface area contributed by atoms with Crippen molar-refractivity contribution in [2.24, 2.45) is 5.73 Å². The average Bonchev–Trinajstić information content (AvgIpc) is 2.94. The summed E-state index contributed by atoms with van der Waals surface area (Å²) in [5.41, 5.74) is 10.3. The minimum atomic E-state index is -0.119. The fraction of sp³-hybridized carbons (Fsp3) is 0.222. The number of amides is 1. The number of hydrogen-bond acceptors (Lipinski definition) is 4. The summed E-state index contributed by atoms with van der Waals surface area (Å²) in [4.78, 5) is 16.4. The van der Waals surface area contributed by atoms with E-state index in [0.29, 0.717) is 24.6 Å². The molecule has 1 aromatic heterocycles. The van der Waals surface area contributed by atoms with E-state index in [-0.39, 0.29) is 12.3 Å². The van der Waals surface area contributed by atoms with Gasteiger partial charge in [0.05, 0.1) is 0 Å². The van der Waals surface area contributed by atoms with Gasteiger partial charge in [0, 0.05) is 13.1 Å². The Morgan fingerprint density at radius 3 is 2.87 bits per heavy atom. The molecule has 0 unspecified atom stereocenters. The van der Waals surface area contributed by atoms with Crippen LogP contribution >= 0.6 is 0 Å². The van der Waals surface area contributed by atoms with Crippen LogP contribution in [0.1, 0.15) is 22.6 Å². The topological polar surface area (TPSA) is 81.2 Å². The molecule has 0 bridgehead atoms. The van der Waals surface area contributed by atoms with Gasteiger partial charge in [0.2, 0.25) is 11.8 Å². The number of hydrogen-bond donors (Lipinski definition) is 2. The SMILES string of the molecule is Cc1ccc2oc(CC(=O)NCc3cccc(CN)c3)nc2c1. The first-order valence-electron chi connectivity index (χ1n) is 7.55. The lowest BCUT2D eigenvalue weighted by atomic mass is 10.1. The predicted octanol–water partition coefficient (Wildman–Crippen LogP) is 2.45. The van der Waals surface area contributed by atoms with Crippen LogP contribution in [0.4, 0.5) is 0 Å². The van der Waals surface area contributed by atoms with E-state index < -0.39 is 0 Å². The number of aryl methyl sites for hydroxylation is 1. The lowest BCUT2D eigenvalue weighted by molar-refractivity contribution is -0.120. The van der Waals surface area contributed by atoms with Gasteiger partial charge >= 0.3 is 0 Å². The Balaban J connectivity index is 1.61. The first-order chi connectivity index (χ1) is 11.1. The van der Waals surface area contributed by atoms with Crippen LogP contribution in [-0.4, -0.2) is 10.9 Å². The zero-order valence-corrected chi connectivity index (χ0v) is 13.0. The number of rotatable bonds is 5. The minimum absolute atomic E-state index is 0.119. The molecule has 1 heterocycles. The first-order valence-corrected chi connectivity index (χ1v) is 7.55. The molecule has 0 fully saturated rings. The molecule has 5 heteroatoms. The normalized spacial score (nSPS) is 10.9. The zero-order chi connectivity index (χ0) is 16.2. The maximum absolute atomic E-state index is 12.0. The van der Waals surface area contributed by atoms with Crippen molar-refractivity contribution >= 4 is 17.0 Å². The highest BCUT2D eigenvalue weighted by Gasteiger charge is 2.10. The van der Waals surface area contributed by atoms with Crippen LogP contribution < -0.4 is 11.1 Å². The third-order valence-corrected chi connectivity index (χ3v) is 3.62. The van der Waals surface area contributed by atoms with Crippen LogP contribution in [0.3, 0.4) is 0 Å². The van der Waals surface area contributed by atoms with Gasteiger partial charge in [-0.1, -0.05) is 30.3 Å². The van der Waals surface area contributed by atoms with Gasteiger partial charge < -0.3 is 15.5 Å². The van der Waals surface area contributed by atoms with Crippen LogP contribution in [0.5, 0.6) is 0 Å². The van der Waals surface area contributed by atoms with Gasteiger partial charge in [-0.25, -0.2) is 4.98 Å². The first kappa shape index (κ1) is 15.2. The summed E-state index contributed by atoms with van der Waals surface area (Å²) in [5, 5.41) is 2.87. The summed E-state index contributed by atoms with van der Waals surface area (Å²) >= 11 is 0. The largest absolute Gasteiger partial charge is 0.440 e. The number of fused-ring (bicyclic) bond motifs is 1. The molecular weight excluding hydrogens is 290 g/mol. The summed E-state index contributed by atoms with van der Waals surface area (Å²) < 4.78 is 5.59. The van der Waals surface area contributed by atoms with Gasteiger partial charge in [0.1, 0.15) is 11.9 Å². The number of nitrogens with one attached hydrogen (secondary N) is 1. The molecule has 2 aromatic carbocycles. The Bertz CT molecular complexity index is 839. The maximum atomic E-state index is 12.0. The standard InChI is InChI=1S/C18H19N3O2/c1-12-5-6-16-15(7-12)21-18(23-16)9-17(22)20-11-14-4-2-3-13(8-14)10-19/h2-8H,9-11,19H2,1H3,(H,20,22). The van der Waals surface area contributed by atoms with E-state index in [1.54, 1.807) is 0 Å². The van der Waals surface area contributed by atoms with E-state index in [2.05, 4.69) is 10.3 Å². The Kier molecular flexibility index (Phi) is 4.39. The quantitative estimate of drug-likeness (QED) is 0.758. The number of carbonyl (C=O) groups excluding carboxylic acids is 1. The molecule has 1 amide bonds. The van der Waals surface area contributed by atoms with Crippen molar-refractivity contribution in [1.82, 2.24) is 10.3 Å². The van der Waals surface area contributed by atoms with Crippen molar-refractivity contribution in [3.05, 3.63) is 65.0 Å². The smallest absolute Gasteiger partial charge is 0.229 e. The van der Waals surface area contributed by atoms with Crippen molar-refractivity contribution in [3.63, 3.8) is 0 Å². The van der Waals surface area contributed by atoms with Crippen LogP contribution in [0, 0.1) is 6.92 Å². The molecule has 3 aromatic rings. The zero-order valence-electron chi connectivity index (χ0n) is 13.0. The third kappa shape index (κ3) is 3.76. The lowest BCUT2D eigenvalue weighted by Gasteiger charge is -2.05. The molecule has 3 N–H and O–H groups in total. The minimum Gasteiger partial charge on any atom is -0.440 e. The summed E-state index contributed by atoms with van der Waals surface area (Å²) in [6, 6.07) is 13.6. The molecule has 0 saturated heterocycles. The number of aromatic nitrogens is 1. The second-order valence-electron chi connectivity index (χ2n) is 5.56. The Morgan fingerprint density at radius 1 is 1.22 bits per heavy atom. The number of oxazole rings is 1. The van der Waals surface area contributed by atoms with Gasteiger partial charge in [0.15, 0.2) is 5.58 Å². The van der Waals surface area contributed by atoms with E-state index in [9.17, 15) is 4.79 Å². The fourth-order valence-electron chi connectivity index (χ4n) is 2.43. The Hall–Kier alpha value is -2.66. The fourth-order valence-corrected chi connectivity index (χ4v) is 2.43. The van der Waals surface area contributed by atoms with Gasteiger partial charge in [-0.3, -0.25) is 4.79 Å². The second kappa shape index (κ2) is 6.62. The molecule has 23 heavy (non-hydrogen) atoms. The second-order valence-corrected chi connectivity index (χ2v) is 5.56. The van der Waals surface area contributed by atoms with Crippen LogP contribution in [0.2, 0.25) is 0 Å². The summed E-state index contributed by atoms with van der Waals surface area (Å²) in [6.07, 6.45) is 0.129. The summed E-state index contributed by atoms with van der Waals surface area (Å²) in [5.74, 6) is 0.310. The van der Waals surface area contributed by atoms with E-state index in [1.807, 2.05) is 49.4 Å². The molecule has 0 radical (unpaired) electrons. The van der Waals surface area contributed by atoms with Gasteiger partial charge in [-0.2, -0.15) is 0 Å². The third-order valence-electron chi connectivity index (χ3n) is 3.62. The van der Waals surface area contributed by atoms with Crippen molar-refractivity contribution < 1.29 is 9.21 Å². The predicted molar refractivity (Wildman–Crippen MR) is 88.6 cm³/mol.